The lowest BCUT2D eigenvalue weighted by atomic mass is 10.0. The fourth-order valence-electron chi connectivity index (χ4n) is 0.913. The van der Waals surface area contributed by atoms with Crippen LogP contribution in [0.5, 0.6) is 0 Å². The molecule has 0 saturated heterocycles. The summed E-state index contributed by atoms with van der Waals surface area (Å²) in [5, 5.41) is 0. The molecule has 1 atom stereocenters. The highest BCUT2D eigenvalue weighted by Crippen LogP contribution is 2.09. The molecule has 0 bridgehead atoms. The van der Waals surface area contributed by atoms with Crippen LogP contribution < -0.4 is 0 Å². The second-order valence-corrected chi connectivity index (χ2v) is 3.13. The Morgan fingerprint density at radius 3 is 2.55 bits per heavy atom. The van der Waals surface area contributed by atoms with Crippen molar-refractivity contribution in [3.63, 3.8) is 0 Å². The minimum absolute atomic E-state index is 0.286. The number of carbonyl (C=O) groups excluding carboxylic acids is 1. The topological polar surface area (TPSA) is 26.3 Å². The first-order valence-corrected chi connectivity index (χ1v) is 4.15. The van der Waals surface area contributed by atoms with Gasteiger partial charge in [-0.05, 0) is 25.7 Å². The zero-order chi connectivity index (χ0) is 8.69. The Morgan fingerprint density at radius 1 is 1.45 bits per heavy atom. The highest BCUT2D eigenvalue weighted by atomic mass is 16.5. The van der Waals surface area contributed by atoms with Crippen LogP contribution in [0.1, 0.15) is 33.1 Å². The third-order valence-electron chi connectivity index (χ3n) is 1.80. The Morgan fingerprint density at radius 2 is 2.09 bits per heavy atom. The van der Waals surface area contributed by atoms with Gasteiger partial charge in [-0.15, -0.1) is 0 Å². The summed E-state index contributed by atoms with van der Waals surface area (Å²) in [7, 11) is 1.71. The van der Waals surface area contributed by atoms with Crippen LogP contribution in [0.2, 0.25) is 0 Å². The van der Waals surface area contributed by atoms with E-state index in [2.05, 4.69) is 6.92 Å². The second kappa shape index (κ2) is 6.35. The van der Waals surface area contributed by atoms with Crippen molar-refractivity contribution in [1.82, 2.24) is 0 Å². The maximum atomic E-state index is 10.6. The Bertz CT molecular complexity index is 110. The molecule has 0 amide bonds. The van der Waals surface area contributed by atoms with Gasteiger partial charge in [-0.3, -0.25) is 0 Å². The Kier molecular flexibility index (Phi) is 6.13. The van der Waals surface area contributed by atoms with Crippen LogP contribution in [0, 0.1) is 5.92 Å². The van der Waals surface area contributed by atoms with Crippen molar-refractivity contribution in [2.24, 2.45) is 5.92 Å². The first kappa shape index (κ1) is 10.6. The molecule has 0 aliphatic heterocycles. The lowest BCUT2D eigenvalue weighted by Crippen LogP contribution is -2.02. The molecule has 0 radical (unpaired) electrons. The van der Waals surface area contributed by atoms with E-state index in [1.807, 2.05) is 0 Å². The lowest BCUT2D eigenvalue weighted by molar-refractivity contribution is -0.117. The number of hydrogen-bond acceptors (Lipinski definition) is 2. The zero-order valence-corrected chi connectivity index (χ0v) is 7.72. The van der Waals surface area contributed by atoms with Crippen LogP contribution in [0.25, 0.3) is 0 Å². The van der Waals surface area contributed by atoms with Gasteiger partial charge in [0.1, 0.15) is 5.78 Å². The Hall–Kier alpha value is -0.370. The zero-order valence-electron chi connectivity index (χ0n) is 7.72. The summed E-state index contributed by atoms with van der Waals surface area (Å²) < 4.78 is 4.93. The first-order chi connectivity index (χ1) is 5.16. The predicted octanol–water partition coefficient (Wildman–Crippen LogP) is 2.03. The molecule has 0 fully saturated rings. The highest BCUT2D eigenvalue weighted by molar-refractivity contribution is 5.75. The third kappa shape index (κ3) is 7.53. The van der Waals surface area contributed by atoms with E-state index in [-0.39, 0.29) is 5.78 Å². The minimum Gasteiger partial charge on any atom is -0.385 e. The van der Waals surface area contributed by atoms with E-state index >= 15 is 0 Å². The molecule has 1 unspecified atom stereocenters. The Balaban J connectivity index is 3.22. The van der Waals surface area contributed by atoms with Gasteiger partial charge in [0.15, 0.2) is 0 Å². The molecule has 0 aromatic heterocycles. The van der Waals surface area contributed by atoms with Gasteiger partial charge < -0.3 is 9.53 Å². The quantitative estimate of drug-likeness (QED) is 0.591. The smallest absolute Gasteiger partial charge is 0.129 e. The summed E-state index contributed by atoms with van der Waals surface area (Å²) in [6.45, 7) is 4.60. The van der Waals surface area contributed by atoms with E-state index in [1.54, 1.807) is 14.0 Å². The van der Waals surface area contributed by atoms with Gasteiger partial charge in [-0.1, -0.05) is 6.92 Å². The minimum atomic E-state index is 0.286. The molecule has 0 saturated carbocycles. The number of carbonyl (C=O) groups is 1. The van der Waals surface area contributed by atoms with Crippen LogP contribution in [0.4, 0.5) is 0 Å². The summed E-state index contributed by atoms with van der Waals surface area (Å²) >= 11 is 0. The van der Waals surface area contributed by atoms with E-state index in [0.29, 0.717) is 12.3 Å². The molecular formula is C9H18O2. The number of rotatable bonds is 6. The predicted molar refractivity (Wildman–Crippen MR) is 45.6 cm³/mol. The van der Waals surface area contributed by atoms with E-state index in [1.165, 1.54) is 0 Å². The summed E-state index contributed by atoms with van der Waals surface area (Å²) in [6, 6.07) is 0. The molecule has 0 aliphatic carbocycles. The molecule has 0 N–H and O–H groups in total. The number of ketones is 1. The maximum Gasteiger partial charge on any atom is 0.129 e. The van der Waals surface area contributed by atoms with E-state index in [4.69, 9.17) is 4.74 Å². The molecule has 0 rings (SSSR count). The monoisotopic (exact) mass is 158 g/mol. The van der Waals surface area contributed by atoms with Crippen molar-refractivity contribution in [1.29, 1.82) is 0 Å². The van der Waals surface area contributed by atoms with E-state index < -0.39 is 0 Å². The molecule has 0 heterocycles. The van der Waals surface area contributed by atoms with Gasteiger partial charge in [0.25, 0.3) is 0 Å². The van der Waals surface area contributed by atoms with Crippen molar-refractivity contribution >= 4 is 5.78 Å². The average Bonchev–Trinajstić information content (AvgIpc) is 1.97. The summed E-state index contributed by atoms with van der Waals surface area (Å²) in [6.07, 6.45) is 2.77. The van der Waals surface area contributed by atoms with Gasteiger partial charge in [0.05, 0.1) is 0 Å². The van der Waals surface area contributed by atoms with Crippen LogP contribution >= 0.6 is 0 Å². The fraction of sp³-hybridized carbons (Fsp3) is 0.889. The van der Waals surface area contributed by atoms with Gasteiger partial charge in [-0.25, -0.2) is 0 Å². The first-order valence-electron chi connectivity index (χ1n) is 4.15. The van der Waals surface area contributed by atoms with Crippen LogP contribution in [0.15, 0.2) is 0 Å². The molecule has 2 heteroatoms. The molecular weight excluding hydrogens is 140 g/mol. The molecule has 0 spiro atoms. The van der Waals surface area contributed by atoms with Crippen LogP contribution in [-0.2, 0) is 9.53 Å². The average molecular weight is 158 g/mol. The van der Waals surface area contributed by atoms with Gasteiger partial charge in [-0.2, -0.15) is 0 Å². The number of hydrogen-bond donors (Lipinski definition) is 0. The summed E-state index contributed by atoms with van der Waals surface area (Å²) in [5.41, 5.74) is 0. The largest absolute Gasteiger partial charge is 0.385 e. The molecule has 2 nitrogen and oxygen atoms in total. The van der Waals surface area contributed by atoms with Gasteiger partial charge in [0.2, 0.25) is 0 Å². The standard InChI is InChI=1S/C9H18O2/c1-8(6-7-11-3)4-5-9(2)10/h8H,4-7H2,1-3H3. The molecule has 0 aliphatic rings. The second-order valence-electron chi connectivity index (χ2n) is 3.13. The normalized spacial score (nSPS) is 13.0. The third-order valence-corrected chi connectivity index (χ3v) is 1.80. The van der Waals surface area contributed by atoms with Gasteiger partial charge >= 0.3 is 0 Å². The van der Waals surface area contributed by atoms with Crippen molar-refractivity contribution in [2.45, 2.75) is 33.1 Å². The molecule has 0 aromatic carbocycles. The van der Waals surface area contributed by atoms with E-state index in [0.717, 1.165) is 19.4 Å². The van der Waals surface area contributed by atoms with Crippen LogP contribution in [0.3, 0.4) is 0 Å². The number of Topliss-reactive ketones (excluding diaryl/α,β-unsaturated/α-hetero) is 1. The molecule has 66 valence electrons. The fourth-order valence-corrected chi connectivity index (χ4v) is 0.913. The van der Waals surface area contributed by atoms with Crippen molar-refractivity contribution < 1.29 is 9.53 Å². The maximum absolute atomic E-state index is 10.6. The van der Waals surface area contributed by atoms with Crippen molar-refractivity contribution in [3.8, 4) is 0 Å². The number of ether oxygens (including phenoxy) is 1. The van der Waals surface area contributed by atoms with Gasteiger partial charge in [0, 0.05) is 20.1 Å². The molecule has 0 aromatic rings. The number of methoxy groups -OCH3 is 1. The SMILES string of the molecule is COCCC(C)CCC(C)=O. The van der Waals surface area contributed by atoms with E-state index in [9.17, 15) is 4.79 Å². The highest BCUT2D eigenvalue weighted by Gasteiger charge is 2.02. The van der Waals surface area contributed by atoms with Crippen molar-refractivity contribution in [3.05, 3.63) is 0 Å². The van der Waals surface area contributed by atoms with Crippen molar-refractivity contribution in [2.75, 3.05) is 13.7 Å². The Labute approximate surface area is 68.9 Å². The summed E-state index contributed by atoms with van der Waals surface area (Å²) in [5.74, 6) is 0.896. The summed E-state index contributed by atoms with van der Waals surface area (Å²) in [4.78, 5) is 10.6. The molecule has 11 heavy (non-hydrogen) atoms. The lowest BCUT2D eigenvalue weighted by Gasteiger charge is -2.08. The van der Waals surface area contributed by atoms with Crippen LogP contribution in [-0.4, -0.2) is 19.5 Å².